The third-order valence-electron chi connectivity index (χ3n) is 6.50. The number of carbonyl (C=O) groups excluding carboxylic acids is 2. The first-order valence-electron chi connectivity index (χ1n) is 11.3. The molecule has 0 radical (unpaired) electrons. The zero-order valence-electron chi connectivity index (χ0n) is 19.4. The summed E-state index contributed by atoms with van der Waals surface area (Å²) < 4.78 is 15.2. The molecule has 0 bridgehead atoms. The monoisotopic (exact) mass is 469 g/mol. The number of hydrogen-bond donors (Lipinski definition) is 1. The lowest BCUT2D eigenvalue weighted by atomic mass is 9.79. The van der Waals surface area contributed by atoms with E-state index in [1.807, 2.05) is 6.07 Å². The van der Waals surface area contributed by atoms with E-state index in [9.17, 15) is 9.59 Å². The predicted octanol–water partition coefficient (Wildman–Crippen LogP) is 6.07. The molecule has 0 aliphatic carbocycles. The number of halogens is 2. The highest BCUT2D eigenvalue weighted by Crippen LogP contribution is 2.44. The Morgan fingerprint density at radius 1 is 1.24 bits per heavy atom. The molecule has 2 heterocycles. The molecule has 33 heavy (non-hydrogen) atoms. The summed E-state index contributed by atoms with van der Waals surface area (Å²) in [4.78, 5) is 28.7. The van der Waals surface area contributed by atoms with Gasteiger partial charge in [-0.2, -0.15) is 0 Å². The number of hydrogen-bond acceptors (Lipinski definition) is 3. The van der Waals surface area contributed by atoms with Gasteiger partial charge in [-0.3, -0.25) is 9.69 Å². The number of nitrogens with one attached hydrogen (secondary N) is 1. The minimum atomic E-state index is -0.547. The number of anilines is 1. The van der Waals surface area contributed by atoms with Crippen LogP contribution in [0.25, 0.3) is 6.08 Å². The lowest BCUT2D eigenvalue weighted by Gasteiger charge is -2.47. The number of fused-ring (bicyclic) bond motifs is 1. The molecule has 4 rings (SSSR count). The van der Waals surface area contributed by atoms with Gasteiger partial charge in [-0.25, -0.2) is 9.18 Å². The fourth-order valence-electron chi connectivity index (χ4n) is 4.95. The lowest BCUT2D eigenvalue weighted by Crippen LogP contribution is -2.48. The van der Waals surface area contributed by atoms with Gasteiger partial charge in [-0.15, -0.1) is 0 Å². The average molecular weight is 470 g/mol. The van der Waals surface area contributed by atoms with Gasteiger partial charge < -0.3 is 10.2 Å². The van der Waals surface area contributed by atoms with Crippen LogP contribution in [0.15, 0.2) is 42.1 Å². The molecule has 174 valence electrons. The summed E-state index contributed by atoms with van der Waals surface area (Å²) in [6, 6.07) is 9.88. The number of carbonyl (C=O) groups is 2. The molecule has 3 amide bonds. The zero-order valence-corrected chi connectivity index (χ0v) is 20.2. The third-order valence-corrected chi connectivity index (χ3v) is 6.87. The molecule has 2 aromatic carbocycles. The third kappa shape index (κ3) is 4.36. The van der Waals surface area contributed by atoms with Crippen LogP contribution in [0.2, 0.25) is 5.02 Å². The summed E-state index contributed by atoms with van der Waals surface area (Å²) in [5.74, 6) is -0.677. The Hall–Kier alpha value is -2.86. The van der Waals surface area contributed by atoms with Crippen LogP contribution in [0.3, 0.4) is 0 Å². The summed E-state index contributed by atoms with van der Waals surface area (Å²) in [5.41, 5.74) is 2.91. The standard InChI is InChI=1S/C26H29ClFN3O2/c1-5-10-31-23-13-21(28)18(11-19(23)16(2)14-26(31,3)4)12-22-24(32)30(25(33)29-22)15-17-8-6-7-9-20(17)27/h6-9,11-13,16H,5,10,14-15H2,1-4H3,(H,29,33)/b22-12+. The first kappa shape index (κ1) is 23.3. The largest absolute Gasteiger partial charge is 0.366 e. The van der Waals surface area contributed by atoms with Gasteiger partial charge in [0.2, 0.25) is 0 Å². The van der Waals surface area contributed by atoms with Crippen molar-refractivity contribution in [2.24, 2.45) is 0 Å². The molecule has 1 N–H and O–H groups in total. The lowest BCUT2D eigenvalue weighted by molar-refractivity contribution is -0.123. The molecule has 7 heteroatoms. The van der Waals surface area contributed by atoms with Crippen LogP contribution in [-0.4, -0.2) is 28.9 Å². The molecule has 2 aliphatic rings. The molecule has 1 unspecified atom stereocenters. The van der Waals surface area contributed by atoms with E-state index in [2.05, 4.69) is 37.9 Å². The van der Waals surface area contributed by atoms with E-state index >= 15 is 4.39 Å². The van der Waals surface area contributed by atoms with Crippen molar-refractivity contribution >= 4 is 35.3 Å². The highest BCUT2D eigenvalue weighted by atomic mass is 35.5. The van der Waals surface area contributed by atoms with Gasteiger partial charge in [0.25, 0.3) is 5.91 Å². The summed E-state index contributed by atoms with van der Waals surface area (Å²) in [7, 11) is 0. The number of rotatable bonds is 5. The second-order valence-electron chi connectivity index (χ2n) is 9.47. The van der Waals surface area contributed by atoms with Crippen molar-refractivity contribution in [3.8, 4) is 0 Å². The zero-order chi connectivity index (χ0) is 23.9. The van der Waals surface area contributed by atoms with Gasteiger partial charge in [0.15, 0.2) is 0 Å². The topological polar surface area (TPSA) is 52.7 Å². The molecule has 5 nitrogen and oxygen atoms in total. The second-order valence-corrected chi connectivity index (χ2v) is 9.88. The molecule has 1 fully saturated rings. The SMILES string of the molecule is CCCN1c2cc(F)c(/C=C3/NC(=O)N(Cc4ccccc4Cl)C3=O)cc2C(C)CC1(C)C. The Morgan fingerprint density at radius 2 is 1.97 bits per heavy atom. The van der Waals surface area contributed by atoms with Crippen molar-refractivity contribution < 1.29 is 14.0 Å². The van der Waals surface area contributed by atoms with Gasteiger partial charge in [0, 0.05) is 28.4 Å². The normalized spacial score (nSPS) is 20.9. The molecule has 0 saturated carbocycles. The van der Waals surface area contributed by atoms with Gasteiger partial charge in [0.05, 0.1) is 6.54 Å². The maximum absolute atomic E-state index is 15.2. The maximum atomic E-state index is 15.2. The minimum Gasteiger partial charge on any atom is -0.366 e. The molecule has 1 atom stereocenters. The quantitative estimate of drug-likeness (QED) is 0.427. The van der Waals surface area contributed by atoms with Crippen LogP contribution < -0.4 is 10.2 Å². The minimum absolute atomic E-state index is 0.0481. The average Bonchev–Trinajstić information content (AvgIpc) is 3.00. The van der Waals surface area contributed by atoms with Crippen molar-refractivity contribution in [2.75, 3.05) is 11.4 Å². The summed E-state index contributed by atoms with van der Waals surface area (Å²) >= 11 is 6.18. The Balaban J connectivity index is 1.66. The first-order valence-corrected chi connectivity index (χ1v) is 11.7. The van der Waals surface area contributed by atoms with Crippen molar-refractivity contribution in [1.29, 1.82) is 0 Å². The second kappa shape index (κ2) is 8.82. The number of nitrogens with zero attached hydrogens (tertiary/aromatic N) is 2. The maximum Gasteiger partial charge on any atom is 0.329 e. The Morgan fingerprint density at radius 3 is 2.67 bits per heavy atom. The molecule has 0 aromatic heterocycles. The molecule has 2 aromatic rings. The summed E-state index contributed by atoms with van der Waals surface area (Å²) in [6.45, 7) is 9.54. The number of urea groups is 1. The molecular formula is C26H29ClFN3O2. The molecule has 1 saturated heterocycles. The van der Waals surface area contributed by atoms with Gasteiger partial charge in [0.1, 0.15) is 11.5 Å². The van der Waals surface area contributed by atoms with Gasteiger partial charge >= 0.3 is 6.03 Å². The van der Waals surface area contributed by atoms with Crippen molar-refractivity contribution in [3.63, 3.8) is 0 Å². The van der Waals surface area contributed by atoms with Crippen LogP contribution in [0.1, 0.15) is 63.1 Å². The number of imide groups is 1. The van der Waals surface area contributed by atoms with E-state index in [-0.39, 0.29) is 23.7 Å². The highest BCUT2D eigenvalue weighted by Gasteiger charge is 2.37. The molecular weight excluding hydrogens is 441 g/mol. The smallest absolute Gasteiger partial charge is 0.329 e. The van der Waals surface area contributed by atoms with Crippen molar-refractivity contribution in [1.82, 2.24) is 10.2 Å². The Bertz CT molecular complexity index is 1140. The number of benzene rings is 2. The van der Waals surface area contributed by atoms with Crippen LogP contribution in [0.5, 0.6) is 0 Å². The van der Waals surface area contributed by atoms with Gasteiger partial charge in [-0.05, 0) is 68.0 Å². The molecule has 2 aliphatic heterocycles. The van der Waals surface area contributed by atoms with E-state index in [4.69, 9.17) is 11.6 Å². The van der Waals surface area contributed by atoms with E-state index < -0.39 is 17.8 Å². The van der Waals surface area contributed by atoms with E-state index in [0.717, 1.165) is 35.5 Å². The van der Waals surface area contributed by atoms with Gasteiger partial charge in [-0.1, -0.05) is 43.6 Å². The first-order chi connectivity index (χ1) is 15.6. The van der Waals surface area contributed by atoms with E-state index in [1.54, 1.807) is 30.3 Å². The summed E-state index contributed by atoms with van der Waals surface area (Å²) in [6.07, 6.45) is 3.34. The van der Waals surface area contributed by atoms with Crippen LogP contribution >= 0.6 is 11.6 Å². The number of amides is 3. The highest BCUT2D eigenvalue weighted by molar-refractivity contribution is 6.31. The predicted molar refractivity (Wildman–Crippen MR) is 130 cm³/mol. The summed E-state index contributed by atoms with van der Waals surface area (Å²) in [5, 5.41) is 3.06. The fraction of sp³-hybridized carbons (Fsp3) is 0.385. The van der Waals surface area contributed by atoms with Crippen molar-refractivity contribution in [2.45, 2.75) is 58.5 Å². The Labute approximate surface area is 199 Å². The molecule has 0 spiro atoms. The van der Waals surface area contributed by atoms with Crippen LogP contribution in [0, 0.1) is 5.82 Å². The van der Waals surface area contributed by atoms with Crippen LogP contribution in [0.4, 0.5) is 14.9 Å². The van der Waals surface area contributed by atoms with E-state index in [0.29, 0.717) is 16.1 Å². The Kier molecular flexibility index (Phi) is 6.23. The van der Waals surface area contributed by atoms with Crippen LogP contribution in [-0.2, 0) is 11.3 Å². The fourth-order valence-corrected chi connectivity index (χ4v) is 5.14. The van der Waals surface area contributed by atoms with Crippen molar-refractivity contribution in [3.05, 3.63) is 69.6 Å². The van der Waals surface area contributed by atoms with E-state index in [1.165, 1.54) is 6.08 Å².